The Morgan fingerprint density at radius 1 is 1.16 bits per heavy atom. The Morgan fingerprint density at radius 3 is 2.47 bits per heavy atom. The summed E-state index contributed by atoms with van der Waals surface area (Å²) < 4.78 is 12.8. The third-order valence-electron chi connectivity index (χ3n) is 2.77. The highest BCUT2D eigenvalue weighted by Crippen LogP contribution is 2.22. The van der Waals surface area contributed by atoms with E-state index >= 15 is 0 Å². The molecule has 0 bridgehead atoms. The molecule has 0 aliphatic rings. The van der Waals surface area contributed by atoms with Crippen LogP contribution in [0.4, 0.5) is 15.8 Å². The van der Waals surface area contributed by atoms with E-state index in [2.05, 4.69) is 5.32 Å². The average molecular weight is 259 g/mol. The van der Waals surface area contributed by atoms with E-state index in [9.17, 15) is 9.18 Å². The second kappa shape index (κ2) is 5.39. The second-order valence-corrected chi connectivity index (χ2v) is 4.11. The Balaban J connectivity index is 2.13. The number of nitrogens with one attached hydrogen (secondary N) is 1. The number of halogens is 1. The zero-order chi connectivity index (χ0) is 13.8. The largest absolute Gasteiger partial charge is 0.396 e. The Bertz CT molecular complexity index is 596. The minimum Gasteiger partial charge on any atom is -0.396 e. The lowest BCUT2D eigenvalue weighted by atomic mass is 10.1. The molecule has 2 aromatic carbocycles. The highest BCUT2D eigenvalue weighted by atomic mass is 19.1. The van der Waals surface area contributed by atoms with Crippen LogP contribution in [-0.4, -0.2) is 5.91 Å². The van der Waals surface area contributed by atoms with Crippen molar-refractivity contribution in [1.29, 1.82) is 0 Å². The molecule has 0 atom stereocenters. The van der Waals surface area contributed by atoms with E-state index in [0.717, 1.165) is 5.56 Å². The van der Waals surface area contributed by atoms with Gasteiger partial charge in [-0.2, -0.15) is 0 Å². The number of benzene rings is 2. The molecule has 19 heavy (non-hydrogen) atoms. The van der Waals surface area contributed by atoms with Gasteiger partial charge in [-0.05, 0) is 29.8 Å². The second-order valence-electron chi connectivity index (χ2n) is 4.11. The van der Waals surface area contributed by atoms with E-state index in [0.29, 0.717) is 17.9 Å². The van der Waals surface area contributed by atoms with Crippen LogP contribution in [0.3, 0.4) is 0 Å². The van der Waals surface area contributed by atoms with E-state index in [4.69, 9.17) is 11.5 Å². The fraction of sp³-hybridized carbons (Fsp3) is 0.0714. The summed E-state index contributed by atoms with van der Waals surface area (Å²) in [5, 5.41) is 3.09. The summed E-state index contributed by atoms with van der Waals surface area (Å²) >= 11 is 0. The lowest BCUT2D eigenvalue weighted by Crippen LogP contribution is -2.14. The quantitative estimate of drug-likeness (QED) is 0.736. The van der Waals surface area contributed by atoms with E-state index in [-0.39, 0.29) is 11.4 Å². The maximum atomic E-state index is 12.8. The molecule has 1 amide bonds. The van der Waals surface area contributed by atoms with Gasteiger partial charge in [0.1, 0.15) is 5.82 Å². The van der Waals surface area contributed by atoms with Crippen LogP contribution in [0.5, 0.6) is 0 Å². The van der Waals surface area contributed by atoms with Crippen molar-refractivity contribution in [2.45, 2.75) is 6.54 Å². The normalized spacial score (nSPS) is 10.2. The van der Waals surface area contributed by atoms with Crippen LogP contribution in [0.1, 0.15) is 15.9 Å². The van der Waals surface area contributed by atoms with Gasteiger partial charge in [0.25, 0.3) is 5.91 Å². The number of para-hydroxylation sites is 1. The summed E-state index contributed by atoms with van der Waals surface area (Å²) in [6.45, 7) is 0.479. The maximum absolute atomic E-state index is 12.8. The van der Waals surface area contributed by atoms with Gasteiger partial charge in [0.2, 0.25) is 0 Å². The molecule has 4 nitrogen and oxygen atoms in total. The van der Waals surface area contributed by atoms with Gasteiger partial charge in [0, 0.05) is 6.54 Å². The van der Waals surface area contributed by atoms with Crippen LogP contribution in [0.25, 0.3) is 0 Å². The first-order valence-electron chi connectivity index (χ1n) is 5.74. The zero-order valence-electron chi connectivity index (χ0n) is 10.2. The lowest BCUT2D eigenvalue weighted by Gasteiger charge is -2.11. The fourth-order valence-corrected chi connectivity index (χ4v) is 1.73. The molecule has 0 saturated heterocycles. The van der Waals surface area contributed by atoms with Crippen LogP contribution in [0, 0.1) is 5.82 Å². The summed E-state index contributed by atoms with van der Waals surface area (Å²) in [7, 11) is 0. The van der Waals surface area contributed by atoms with Crippen LogP contribution >= 0.6 is 0 Å². The number of amides is 1. The third-order valence-corrected chi connectivity index (χ3v) is 2.77. The number of nitrogen functional groups attached to an aromatic ring is 1. The molecule has 0 fully saturated rings. The van der Waals surface area contributed by atoms with Crippen molar-refractivity contribution < 1.29 is 9.18 Å². The molecule has 0 heterocycles. The number of nitrogens with two attached hydrogens (primary N) is 2. The average Bonchev–Trinajstić information content (AvgIpc) is 2.39. The van der Waals surface area contributed by atoms with Crippen LogP contribution in [0.2, 0.25) is 0 Å². The third kappa shape index (κ3) is 3.01. The van der Waals surface area contributed by atoms with Gasteiger partial charge >= 0.3 is 0 Å². The van der Waals surface area contributed by atoms with E-state index < -0.39 is 5.91 Å². The van der Waals surface area contributed by atoms with Crippen molar-refractivity contribution in [1.82, 2.24) is 0 Å². The smallest absolute Gasteiger partial charge is 0.250 e. The Kier molecular flexibility index (Phi) is 3.66. The van der Waals surface area contributed by atoms with Gasteiger partial charge in [0.15, 0.2) is 0 Å². The SMILES string of the molecule is NC(=O)c1cccc(NCc2ccc(F)cc2)c1N. The molecule has 0 saturated carbocycles. The van der Waals surface area contributed by atoms with Crippen molar-refractivity contribution in [3.8, 4) is 0 Å². The summed E-state index contributed by atoms with van der Waals surface area (Å²) in [6, 6.07) is 11.2. The molecule has 0 unspecified atom stereocenters. The molecule has 0 spiro atoms. The number of primary amides is 1. The predicted octanol–water partition coefficient (Wildman–Crippen LogP) is 2.12. The number of hydrogen-bond donors (Lipinski definition) is 3. The molecule has 0 aliphatic heterocycles. The van der Waals surface area contributed by atoms with Gasteiger partial charge < -0.3 is 16.8 Å². The van der Waals surface area contributed by atoms with Gasteiger partial charge in [-0.15, -0.1) is 0 Å². The van der Waals surface area contributed by atoms with Crippen molar-refractivity contribution >= 4 is 17.3 Å². The summed E-state index contributed by atoms with van der Waals surface area (Å²) in [4.78, 5) is 11.2. The molecule has 2 aromatic rings. The molecule has 2 rings (SSSR count). The Morgan fingerprint density at radius 2 is 1.84 bits per heavy atom. The van der Waals surface area contributed by atoms with Gasteiger partial charge in [-0.25, -0.2) is 4.39 Å². The molecule has 0 aliphatic carbocycles. The molecule has 5 N–H and O–H groups in total. The first-order chi connectivity index (χ1) is 9.08. The van der Waals surface area contributed by atoms with Crippen molar-refractivity contribution in [2.75, 3.05) is 11.1 Å². The van der Waals surface area contributed by atoms with Gasteiger partial charge in [-0.3, -0.25) is 4.79 Å². The standard InChI is InChI=1S/C14H14FN3O/c15-10-6-4-9(5-7-10)8-18-12-3-1-2-11(13(12)16)14(17)19/h1-7,18H,8,16H2,(H2,17,19). The lowest BCUT2D eigenvalue weighted by molar-refractivity contribution is 0.100. The zero-order valence-corrected chi connectivity index (χ0v) is 10.2. The molecule has 5 heteroatoms. The number of anilines is 2. The fourth-order valence-electron chi connectivity index (χ4n) is 1.73. The van der Waals surface area contributed by atoms with Gasteiger partial charge in [0.05, 0.1) is 16.9 Å². The number of hydrogen-bond acceptors (Lipinski definition) is 3. The van der Waals surface area contributed by atoms with Gasteiger partial charge in [-0.1, -0.05) is 18.2 Å². The molecular weight excluding hydrogens is 245 g/mol. The first-order valence-corrected chi connectivity index (χ1v) is 5.74. The predicted molar refractivity (Wildman–Crippen MR) is 73.1 cm³/mol. The first kappa shape index (κ1) is 12.9. The number of carbonyl (C=O) groups is 1. The molecular formula is C14H14FN3O. The highest BCUT2D eigenvalue weighted by molar-refractivity contribution is 6.00. The van der Waals surface area contributed by atoms with Crippen molar-refractivity contribution in [3.63, 3.8) is 0 Å². The number of rotatable bonds is 4. The Hall–Kier alpha value is -2.56. The van der Waals surface area contributed by atoms with Crippen molar-refractivity contribution in [2.24, 2.45) is 5.73 Å². The monoisotopic (exact) mass is 259 g/mol. The minimum atomic E-state index is -0.567. The molecule has 98 valence electrons. The number of carbonyl (C=O) groups excluding carboxylic acids is 1. The topological polar surface area (TPSA) is 81.1 Å². The summed E-state index contributed by atoms with van der Waals surface area (Å²) in [5.41, 5.74) is 13.2. The summed E-state index contributed by atoms with van der Waals surface area (Å²) in [6.07, 6.45) is 0. The van der Waals surface area contributed by atoms with E-state index in [1.807, 2.05) is 0 Å². The van der Waals surface area contributed by atoms with Crippen molar-refractivity contribution in [3.05, 3.63) is 59.4 Å². The highest BCUT2D eigenvalue weighted by Gasteiger charge is 2.08. The van der Waals surface area contributed by atoms with E-state index in [1.165, 1.54) is 12.1 Å². The molecule has 0 aromatic heterocycles. The summed E-state index contributed by atoms with van der Waals surface area (Å²) in [5.74, 6) is -0.845. The maximum Gasteiger partial charge on any atom is 0.250 e. The van der Waals surface area contributed by atoms with E-state index in [1.54, 1.807) is 30.3 Å². The minimum absolute atomic E-state index is 0.279. The van der Waals surface area contributed by atoms with Crippen LogP contribution in [-0.2, 0) is 6.54 Å². The molecule has 0 radical (unpaired) electrons. The Labute approximate surface area is 110 Å². The van der Waals surface area contributed by atoms with Crippen LogP contribution < -0.4 is 16.8 Å². The van der Waals surface area contributed by atoms with Crippen LogP contribution in [0.15, 0.2) is 42.5 Å².